The molecule has 0 aromatic carbocycles. The predicted octanol–water partition coefficient (Wildman–Crippen LogP) is 3.26. The summed E-state index contributed by atoms with van der Waals surface area (Å²) < 4.78 is 11.6. The highest BCUT2D eigenvalue weighted by Gasteiger charge is 2.40. The Morgan fingerprint density at radius 1 is 1.00 bits per heavy atom. The zero-order valence-corrected chi connectivity index (χ0v) is 12.8. The van der Waals surface area contributed by atoms with E-state index in [2.05, 4.69) is 0 Å². The topological polar surface area (TPSA) is 44.5 Å². The summed E-state index contributed by atoms with van der Waals surface area (Å²) in [5.41, 5.74) is 6.68. The van der Waals surface area contributed by atoms with Crippen LogP contribution in [0.1, 0.15) is 64.2 Å². The highest BCUT2D eigenvalue weighted by atomic mass is 16.5. The quantitative estimate of drug-likeness (QED) is 0.863. The molecule has 2 heterocycles. The first-order valence-corrected chi connectivity index (χ1v) is 8.75. The van der Waals surface area contributed by atoms with Crippen LogP contribution >= 0.6 is 0 Å². The second-order valence-electron chi connectivity index (χ2n) is 7.30. The molecule has 2 aliphatic heterocycles. The number of rotatable bonds is 3. The fourth-order valence-electron chi connectivity index (χ4n) is 4.52. The van der Waals surface area contributed by atoms with E-state index in [1.54, 1.807) is 0 Å². The minimum atomic E-state index is 0.103. The minimum absolute atomic E-state index is 0.103. The molecule has 2 unspecified atom stereocenters. The summed E-state index contributed by atoms with van der Waals surface area (Å²) in [7, 11) is 0. The Kier molecular flexibility index (Phi) is 5.00. The molecule has 1 aliphatic carbocycles. The van der Waals surface area contributed by atoms with Gasteiger partial charge < -0.3 is 15.2 Å². The predicted molar refractivity (Wildman–Crippen MR) is 80.6 cm³/mol. The molecule has 0 amide bonds. The van der Waals surface area contributed by atoms with Gasteiger partial charge in [0.05, 0.1) is 5.60 Å². The summed E-state index contributed by atoms with van der Waals surface area (Å²) in [5.74, 6) is 1.57. The summed E-state index contributed by atoms with van der Waals surface area (Å²) in [6.07, 6.45) is 12.8. The molecule has 3 aliphatic rings. The van der Waals surface area contributed by atoms with Crippen LogP contribution < -0.4 is 5.73 Å². The average molecular weight is 281 g/mol. The summed E-state index contributed by atoms with van der Waals surface area (Å²) in [5, 5.41) is 0. The van der Waals surface area contributed by atoms with E-state index in [4.69, 9.17) is 15.2 Å². The van der Waals surface area contributed by atoms with Crippen molar-refractivity contribution >= 4 is 0 Å². The molecular weight excluding hydrogens is 250 g/mol. The molecule has 116 valence electrons. The van der Waals surface area contributed by atoms with Gasteiger partial charge in [-0.3, -0.25) is 0 Å². The van der Waals surface area contributed by atoms with Crippen LogP contribution in [0.2, 0.25) is 0 Å². The van der Waals surface area contributed by atoms with Crippen molar-refractivity contribution in [3.63, 3.8) is 0 Å². The number of hydrogen-bond acceptors (Lipinski definition) is 3. The Balaban J connectivity index is 1.52. The van der Waals surface area contributed by atoms with Crippen molar-refractivity contribution in [1.82, 2.24) is 0 Å². The fourth-order valence-corrected chi connectivity index (χ4v) is 4.52. The summed E-state index contributed by atoms with van der Waals surface area (Å²) in [6, 6.07) is 0.390. The van der Waals surface area contributed by atoms with Crippen LogP contribution in [0.15, 0.2) is 0 Å². The van der Waals surface area contributed by atoms with Gasteiger partial charge in [0.25, 0.3) is 0 Å². The van der Waals surface area contributed by atoms with Gasteiger partial charge in [0.1, 0.15) is 0 Å². The van der Waals surface area contributed by atoms with Gasteiger partial charge in [-0.15, -0.1) is 0 Å². The monoisotopic (exact) mass is 281 g/mol. The maximum Gasteiger partial charge on any atom is 0.0729 e. The largest absolute Gasteiger partial charge is 0.381 e. The molecule has 2 saturated heterocycles. The lowest BCUT2D eigenvalue weighted by Crippen LogP contribution is -2.48. The van der Waals surface area contributed by atoms with E-state index < -0.39 is 0 Å². The van der Waals surface area contributed by atoms with E-state index in [1.165, 1.54) is 44.9 Å². The fraction of sp³-hybridized carbons (Fsp3) is 1.00. The Bertz CT molecular complexity index is 290. The molecule has 2 N–H and O–H groups in total. The van der Waals surface area contributed by atoms with Gasteiger partial charge in [-0.2, -0.15) is 0 Å². The molecule has 3 heteroatoms. The molecule has 20 heavy (non-hydrogen) atoms. The van der Waals surface area contributed by atoms with Gasteiger partial charge >= 0.3 is 0 Å². The lowest BCUT2D eigenvalue weighted by atomic mass is 9.74. The van der Waals surface area contributed by atoms with E-state index in [0.29, 0.717) is 12.0 Å². The first-order chi connectivity index (χ1) is 9.77. The number of ether oxygens (including phenoxy) is 2. The van der Waals surface area contributed by atoms with Crippen molar-refractivity contribution in [1.29, 1.82) is 0 Å². The maximum absolute atomic E-state index is 6.58. The summed E-state index contributed by atoms with van der Waals surface area (Å²) in [6.45, 7) is 2.64. The van der Waals surface area contributed by atoms with Crippen LogP contribution in [0.5, 0.6) is 0 Å². The number of nitrogens with two attached hydrogens (primary N) is 1. The van der Waals surface area contributed by atoms with Crippen LogP contribution in [-0.4, -0.2) is 31.5 Å². The molecule has 0 radical (unpaired) electrons. The van der Waals surface area contributed by atoms with Crippen molar-refractivity contribution in [2.75, 3.05) is 19.8 Å². The standard InChI is InChI=1S/C17H31NO2/c18-16(12-14-4-2-1-3-5-14)15-6-9-20-17(13-15)7-10-19-11-8-17/h14-16H,1-13,18H2. The zero-order valence-electron chi connectivity index (χ0n) is 12.8. The van der Waals surface area contributed by atoms with Crippen molar-refractivity contribution < 1.29 is 9.47 Å². The lowest BCUT2D eigenvalue weighted by Gasteiger charge is -2.45. The van der Waals surface area contributed by atoms with Gasteiger partial charge in [0, 0.05) is 25.9 Å². The first kappa shape index (κ1) is 14.8. The van der Waals surface area contributed by atoms with Crippen LogP contribution in [0, 0.1) is 11.8 Å². The van der Waals surface area contributed by atoms with Crippen molar-refractivity contribution in [2.45, 2.75) is 75.9 Å². The molecule has 3 nitrogen and oxygen atoms in total. The van der Waals surface area contributed by atoms with Gasteiger partial charge in [-0.1, -0.05) is 32.1 Å². The Morgan fingerprint density at radius 2 is 1.75 bits per heavy atom. The van der Waals surface area contributed by atoms with Gasteiger partial charge in [0.2, 0.25) is 0 Å². The van der Waals surface area contributed by atoms with E-state index >= 15 is 0 Å². The van der Waals surface area contributed by atoms with Crippen LogP contribution in [0.4, 0.5) is 0 Å². The summed E-state index contributed by atoms with van der Waals surface area (Å²) >= 11 is 0. The van der Waals surface area contributed by atoms with Crippen molar-refractivity contribution in [3.8, 4) is 0 Å². The Hall–Kier alpha value is -0.120. The second-order valence-corrected chi connectivity index (χ2v) is 7.30. The molecule has 0 aromatic heterocycles. The first-order valence-electron chi connectivity index (χ1n) is 8.75. The normalized spacial score (nSPS) is 33.1. The third-order valence-electron chi connectivity index (χ3n) is 5.87. The molecule has 3 fully saturated rings. The van der Waals surface area contributed by atoms with Gasteiger partial charge in [-0.05, 0) is 43.9 Å². The third-order valence-corrected chi connectivity index (χ3v) is 5.87. The Labute approximate surface area is 123 Å². The molecule has 1 saturated carbocycles. The van der Waals surface area contributed by atoms with Crippen LogP contribution in [0.25, 0.3) is 0 Å². The maximum atomic E-state index is 6.58. The van der Waals surface area contributed by atoms with Crippen LogP contribution in [-0.2, 0) is 9.47 Å². The van der Waals surface area contributed by atoms with E-state index in [-0.39, 0.29) is 5.60 Å². The van der Waals surface area contributed by atoms with Crippen molar-refractivity contribution in [3.05, 3.63) is 0 Å². The van der Waals surface area contributed by atoms with Crippen molar-refractivity contribution in [2.24, 2.45) is 17.6 Å². The van der Waals surface area contributed by atoms with Gasteiger partial charge in [0.15, 0.2) is 0 Å². The van der Waals surface area contributed by atoms with Gasteiger partial charge in [-0.25, -0.2) is 0 Å². The highest BCUT2D eigenvalue weighted by Crippen LogP contribution is 2.39. The van der Waals surface area contributed by atoms with E-state index in [1.807, 2.05) is 0 Å². The smallest absolute Gasteiger partial charge is 0.0729 e. The van der Waals surface area contributed by atoms with Crippen LogP contribution in [0.3, 0.4) is 0 Å². The number of hydrogen-bond donors (Lipinski definition) is 1. The highest BCUT2D eigenvalue weighted by molar-refractivity contribution is 4.92. The molecule has 1 spiro atoms. The molecule has 0 bridgehead atoms. The molecule has 2 atom stereocenters. The third kappa shape index (κ3) is 3.55. The SMILES string of the molecule is NC(CC1CCCCC1)C1CCOC2(CCOCC2)C1. The zero-order chi connectivity index (χ0) is 13.8. The average Bonchev–Trinajstić information content (AvgIpc) is 2.49. The van der Waals surface area contributed by atoms with E-state index in [0.717, 1.165) is 45.0 Å². The lowest BCUT2D eigenvalue weighted by molar-refractivity contribution is -0.149. The molecule has 3 rings (SSSR count). The van der Waals surface area contributed by atoms with E-state index in [9.17, 15) is 0 Å². The molecular formula is C17H31NO2. The molecule has 0 aromatic rings. The Morgan fingerprint density at radius 3 is 2.50 bits per heavy atom. The second kappa shape index (κ2) is 6.76. The summed E-state index contributed by atoms with van der Waals surface area (Å²) in [4.78, 5) is 0. The minimum Gasteiger partial charge on any atom is -0.381 e.